The van der Waals surface area contributed by atoms with Crippen LogP contribution in [-0.2, 0) is 41.1 Å². The fourth-order valence-corrected chi connectivity index (χ4v) is 8.90. The summed E-state index contributed by atoms with van der Waals surface area (Å²) in [6.07, 6.45) is 0. The number of rotatable bonds is 0. The maximum absolute atomic E-state index is 5.53. The molecule has 2 aliphatic rings. The van der Waals surface area contributed by atoms with Gasteiger partial charge in [-0.25, -0.2) is 29.9 Å². The van der Waals surface area contributed by atoms with E-state index in [1.807, 2.05) is 36.4 Å². The second-order valence-corrected chi connectivity index (χ2v) is 19.5. The summed E-state index contributed by atoms with van der Waals surface area (Å²) in [7, 11) is 0. The molecule has 9 rings (SSSR count). The number of H-pyrrole nitrogens is 2. The Morgan fingerprint density at radius 1 is 0.345 bits per heavy atom. The molecule has 3 aromatic heterocycles. The molecule has 290 valence electrons. The third-order valence-corrected chi connectivity index (χ3v) is 11.0. The Bertz CT molecular complexity index is 2770. The van der Waals surface area contributed by atoms with Gasteiger partial charge in [0.1, 0.15) is 22.6 Å². The molecule has 0 atom stereocenters. The molecule has 5 heterocycles. The Morgan fingerprint density at radius 2 is 0.603 bits per heavy atom. The average molecular weight is 840 g/mol. The van der Waals surface area contributed by atoms with Crippen LogP contribution in [0.3, 0.4) is 0 Å². The maximum Gasteiger partial charge on any atom is 2.00 e. The van der Waals surface area contributed by atoms with E-state index in [4.69, 9.17) is 29.9 Å². The van der Waals surface area contributed by atoms with Gasteiger partial charge in [-0.05, 0) is 43.9 Å². The minimum atomic E-state index is -0.259. The van der Waals surface area contributed by atoms with Crippen molar-refractivity contribution in [1.82, 2.24) is 39.9 Å². The van der Waals surface area contributed by atoms with E-state index in [-0.39, 0.29) is 53.5 Å². The largest absolute Gasteiger partial charge is 2.00 e. The first kappa shape index (κ1) is 41.3. The van der Waals surface area contributed by atoms with Crippen LogP contribution in [0.15, 0.2) is 72.8 Å². The molecule has 0 fully saturated rings. The van der Waals surface area contributed by atoms with E-state index in [9.17, 15) is 0 Å². The number of halogens is 1. The van der Waals surface area contributed by atoms with Crippen LogP contribution in [0.25, 0.3) is 89.7 Å². The number of nitrogens with one attached hydrogen (secondary N) is 2. The molecule has 2 N–H and O–H groups in total. The summed E-state index contributed by atoms with van der Waals surface area (Å²) in [5.74, 6) is 2.41. The minimum absolute atomic E-state index is 0. The number of aromatic amines is 2. The van der Waals surface area contributed by atoms with E-state index >= 15 is 0 Å². The van der Waals surface area contributed by atoms with Gasteiger partial charge in [-0.1, -0.05) is 156 Å². The molecule has 7 aromatic rings. The SMILES string of the molecule is CC(C)(C)c1c(C(C)(C)C)c(C(C)(C)C)c2c3nc4nc(nc5[nH]c(nc6nc(nc([nH]3)c2c1C(C)(C)C)-c1ccccc1-6)c1ccccc51)-c1ccccc1-4.[Cl-].[Zn+2]. The summed E-state index contributed by atoms with van der Waals surface area (Å²) in [5.41, 5.74) is 10.9. The zero-order valence-electron chi connectivity index (χ0n) is 35.7. The molecule has 0 spiro atoms. The Morgan fingerprint density at radius 3 is 0.897 bits per heavy atom. The molecule has 10 heteroatoms. The molecule has 0 unspecified atom stereocenters. The molecular formula is C48H50ClN8Zn+. The van der Waals surface area contributed by atoms with Crippen LogP contribution in [0.4, 0.5) is 0 Å². The monoisotopic (exact) mass is 837 g/mol. The Labute approximate surface area is 359 Å². The van der Waals surface area contributed by atoms with E-state index in [1.54, 1.807) is 0 Å². The summed E-state index contributed by atoms with van der Waals surface area (Å²) in [5, 5.41) is 4.06. The molecular weight excluding hydrogens is 789 g/mol. The van der Waals surface area contributed by atoms with E-state index in [0.29, 0.717) is 34.6 Å². The van der Waals surface area contributed by atoms with Gasteiger partial charge in [-0.15, -0.1) is 0 Å². The maximum atomic E-state index is 5.53. The molecule has 8 nitrogen and oxygen atoms in total. The summed E-state index contributed by atoms with van der Waals surface area (Å²) >= 11 is 0. The standard InChI is InChI=1S/C48H50N8.ClH.Zn/c1-45(2,3)33-31-32(34(46(4,5)6)36(48(10,11)12)35(33)47(7,8)9)44-55-42-30-24-18-16-22-28(30)40(53-42)51-38-26-20-14-13-19-25(26)37(49-38)50-39-27-21-15-17-23-29(27)41(52-39)54-43(31)56-44;;/h13-24H,1-12H3,(H2,49,50,51,52,53,54,55,56);1H;/q;;+2/p-1. The zero-order valence-corrected chi connectivity index (χ0v) is 39.4. The summed E-state index contributed by atoms with van der Waals surface area (Å²) in [6.45, 7) is 28.0. The van der Waals surface area contributed by atoms with E-state index < -0.39 is 0 Å². The van der Waals surface area contributed by atoms with Gasteiger partial charge in [-0.3, -0.25) is 0 Å². The predicted molar refractivity (Wildman–Crippen MR) is 231 cm³/mol. The first-order valence-electron chi connectivity index (χ1n) is 19.7. The number of aromatic nitrogens is 8. The van der Waals surface area contributed by atoms with Crippen molar-refractivity contribution < 1.29 is 31.9 Å². The van der Waals surface area contributed by atoms with Crippen LogP contribution in [0.5, 0.6) is 0 Å². The van der Waals surface area contributed by atoms with Crippen LogP contribution in [0.1, 0.15) is 105 Å². The van der Waals surface area contributed by atoms with Crippen LogP contribution in [0.2, 0.25) is 0 Å². The second-order valence-electron chi connectivity index (χ2n) is 19.5. The average Bonchev–Trinajstić information content (AvgIpc) is 3.84. The van der Waals surface area contributed by atoms with Crippen molar-refractivity contribution in [2.24, 2.45) is 0 Å². The smallest absolute Gasteiger partial charge is 1.00 e. The van der Waals surface area contributed by atoms with Gasteiger partial charge >= 0.3 is 19.5 Å². The molecule has 0 saturated heterocycles. The topological polar surface area (TPSA) is 109 Å². The molecule has 0 saturated carbocycles. The van der Waals surface area contributed by atoms with Crippen molar-refractivity contribution in [2.75, 3.05) is 0 Å². The van der Waals surface area contributed by atoms with Crippen molar-refractivity contribution in [2.45, 2.75) is 105 Å². The number of fused-ring (bicyclic) bond motifs is 20. The zero-order chi connectivity index (χ0) is 39.7. The van der Waals surface area contributed by atoms with Gasteiger partial charge in [-0.2, -0.15) is 0 Å². The molecule has 58 heavy (non-hydrogen) atoms. The Kier molecular flexibility index (Phi) is 9.89. The number of hydrogen-bond acceptors (Lipinski definition) is 6. The summed E-state index contributed by atoms with van der Waals surface area (Å²) < 4.78 is 0. The van der Waals surface area contributed by atoms with Gasteiger partial charge in [0.25, 0.3) is 0 Å². The normalized spacial score (nSPS) is 12.9. The number of nitrogens with zero attached hydrogens (tertiary/aromatic N) is 6. The van der Waals surface area contributed by atoms with Gasteiger partial charge in [0.15, 0.2) is 23.3 Å². The first-order chi connectivity index (χ1) is 26.3. The second kappa shape index (κ2) is 13.9. The van der Waals surface area contributed by atoms with E-state index in [0.717, 1.165) is 55.1 Å². The summed E-state index contributed by atoms with van der Waals surface area (Å²) in [4.78, 5) is 39.2. The molecule has 0 amide bonds. The van der Waals surface area contributed by atoms with Gasteiger partial charge < -0.3 is 22.4 Å². The van der Waals surface area contributed by atoms with Gasteiger partial charge in [0, 0.05) is 43.8 Å². The fourth-order valence-electron chi connectivity index (χ4n) is 8.90. The molecule has 8 bridgehead atoms. The van der Waals surface area contributed by atoms with E-state index in [2.05, 4.69) is 129 Å². The Hall–Kier alpha value is -4.85. The van der Waals surface area contributed by atoms with Gasteiger partial charge in [0.05, 0.1) is 0 Å². The molecule has 0 radical (unpaired) electrons. The van der Waals surface area contributed by atoms with E-state index in [1.165, 1.54) is 22.3 Å². The molecule has 0 aliphatic carbocycles. The van der Waals surface area contributed by atoms with Crippen LogP contribution in [-0.4, -0.2) is 39.9 Å². The third-order valence-electron chi connectivity index (χ3n) is 11.0. The van der Waals surface area contributed by atoms with Crippen LogP contribution in [0, 0.1) is 0 Å². The quantitative estimate of drug-likeness (QED) is 0.148. The first-order valence-corrected chi connectivity index (χ1v) is 19.7. The van der Waals surface area contributed by atoms with Crippen molar-refractivity contribution >= 4 is 44.1 Å². The molecule has 2 aliphatic heterocycles. The van der Waals surface area contributed by atoms with Crippen molar-refractivity contribution in [1.29, 1.82) is 0 Å². The van der Waals surface area contributed by atoms with Crippen molar-refractivity contribution in [3.8, 4) is 45.6 Å². The Balaban J connectivity index is 0.00000256. The third kappa shape index (κ3) is 6.55. The van der Waals surface area contributed by atoms with Crippen LogP contribution < -0.4 is 12.4 Å². The number of hydrogen-bond donors (Lipinski definition) is 2. The van der Waals surface area contributed by atoms with Crippen molar-refractivity contribution in [3.63, 3.8) is 0 Å². The number of benzene rings is 4. The van der Waals surface area contributed by atoms with Gasteiger partial charge in [0.2, 0.25) is 0 Å². The predicted octanol–water partition coefficient (Wildman–Crippen LogP) is 9.06. The fraction of sp³-hybridized carbons (Fsp3) is 0.333. The van der Waals surface area contributed by atoms with Crippen molar-refractivity contribution in [3.05, 3.63) is 95.1 Å². The molecule has 4 aromatic carbocycles. The minimum Gasteiger partial charge on any atom is -1.00 e. The summed E-state index contributed by atoms with van der Waals surface area (Å²) in [6, 6.07) is 24.6. The van der Waals surface area contributed by atoms with Crippen LogP contribution >= 0.6 is 0 Å².